The highest BCUT2D eigenvalue weighted by Gasteiger charge is 1.96. The van der Waals surface area contributed by atoms with Gasteiger partial charge in [0.2, 0.25) is 0 Å². The van der Waals surface area contributed by atoms with E-state index in [2.05, 4.69) is 5.32 Å². The van der Waals surface area contributed by atoms with Gasteiger partial charge in [-0.3, -0.25) is 0 Å². The van der Waals surface area contributed by atoms with Crippen molar-refractivity contribution in [1.29, 1.82) is 0 Å². The van der Waals surface area contributed by atoms with Crippen molar-refractivity contribution in [1.82, 2.24) is 0 Å². The van der Waals surface area contributed by atoms with Gasteiger partial charge in [0, 0.05) is 17.8 Å². The van der Waals surface area contributed by atoms with Gasteiger partial charge in [0.1, 0.15) is 6.73 Å². The van der Waals surface area contributed by atoms with Gasteiger partial charge in [0.25, 0.3) is 0 Å². The number of rotatable bonds is 3. The lowest BCUT2D eigenvalue weighted by Gasteiger charge is -2.08. The molecule has 0 atom stereocenters. The van der Waals surface area contributed by atoms with E-state index in [0.717, 1.165) is 16.3 Å². The van der Waals surface area contributed by atoms with Gasteiger partial charge in [-0.15, -0.1) is 0 Å². The number of aryl methyl sites for hydroxylation is 1. The van der Waals surface area contributed by atoms with Crippen molar-refractivity contribution in [2.24, 2.45) is 0 Å². The fourth-order valence-electron chi connectivity index (χ4n) is 0.935. The van der Waals surface area contributed by atoms with E-state index in [9.17, 15) is 0 Å². The average Bonchev–Trinajstić information content (AvgIpc) is 2.07. The molecule has 1 aromatic carbocycles. The van der Waals surface area contributed by atoms with E-state index in [1.165, 1.54) is 0 Å². The number of benzene rings is 1. The lowest BCUT2D eigenvalue weighted by molar-refractivity contribution is 0.221. The third kappa shape index (κ3) is 2.40. The topological polar surface area (TPSA) is 21.3 Å². The molecule has 0 unspecified atom stereocenters. The molecule has 0 aromatic heterocycles. The van der Waals surface area contributed by atoms with Crippen LogP contribution in [0, 0.1) is 6.92 Å². The Bertz CT molecular complexity index is 263. The van der Waals surface area contributed by atoms with E-state index in [1.807, 2.05) is 25.1 Å². The van der Waals surface area contributed by atoms with Crippen LogP contribution in [-0.2, 0) is 4.74 Å². The first-order valence-corrected chi connectivity index (χ1v) is 4.11. The molecule has 0 amide bonds. The molecule has 1 rings (SSSR count). The average molecular weight is 186 g/mol. The Balaban J connectivity index is 2.75. The summed E-state index contributed by atoms with van der Waals surface area (Å²) in [5.74, 6) is 0. The van der Waals surface area contributed by atoms with Gasteiger partial charge in [-0.25, -0.2) is 0 Å². The van der Waals surface area contributed by atoms with Crippen molar-refractivity contribution in [3.05, 3.63) is 28.8 Å². The molecule has 3 heteroatoms. The van der Waals surface area contributed by atoms with Crippen molar-refractivity contribution >= 4 is 17.3 Å². The largest absolute Gasteiger partial charge is 0.365 e. The molecule has 0 aliphatic rings. The Hall–Kier alpha value is -0.730. The molecule has 0 heterocycles. The summed E-state index contributed by atoms with van der Waals surface area (Å²) < 4.78 is 4.89. The SMILES string of the molecule is COCNc1cc(Cl)ccc1C. The third-order valence-electron chi connectivity index (χ3n) is 1.61. The van der Waals surface area contributed by atoms with E-state index in [-0.39, 0.29) is 0 Å². The fourth-order valence-corrected chi connectivity index (χ4v) is 1.11. The molecule has 0 fully saturated rings. The van der Waals surface area contributed by atoms with E-state index in [4.69, 9.17) is 16.3 Å². The van der Waals surface area contributed by atoms with Crippen molar-refractivity contribution in [3.63, 3.8) is 0 Å². The van der Waals surface area contributed by atoms with Crippen LogP contribution in [0.3, 0.4) is 0 Å². The molecule has 1 N–H and O–H groups in total. The lowest BCUT2D eigenvalue weighted by Crippen LogP contribution is -2.04. The van der Waals surface area contributed by atoms with Crippen LogP contribution in [0.4, 0.5) is 5.69 Å². The second-order valence-electron chi connectivity index (χ2n) is 2.57. The number of ether oxygens (including phenoxy) is 1. The quantitative estimate of drug-likeness (QED) is 0.732. The smallest absolute Gasteiger partial charge is 0.116 e. The number of hydrogen-bond acceptors (Lipinski definition) is 2. The first-order chi connectivity index (χ1) is 5.74. The van der Waals surface area contributed by atoms with Crippen LogP contribution in [0.2, 0.25) is 5.02 Å². The number of methoxy groups -OCH3 is 1. The minimum atomic E-state index is 0.501. The maximum absolute atomic E-state index is 5.81. The maximum atomic E-state index is 5.81. The number of halogens is 1. The highest BCUT2D eigenvalue weighted by molar-refractivity contribution is 6.30. The molecule has 0 aliphatic carbocycles. The molecule has 0 radical (unpaired) electrons. The Kier molecular flexibility index (Phi) is 3.38. The van der Waals surface area contributed by atoms with Crippen LogP contribution in [-0.4, -0.2) is 13.8 Å². The fraction of sp³-hybridized carbons (Fsp3) is 0.333. The van der Waals surface area contributed by atoms with E-state index >= 15 is 0 Å². The molecule has 0 bridgehead atoms. The molecule has 0 spiro atoms. The van der Waals surface area contributed by atoms with Gasteiger partial charge in [0.05, 0.1) is 0 Å². The summed E-state index contributed by atoms with van der Waals surface area (Å²) in [5.41, 5.74) is 2.18. The summed E-state index contributed by atoms with van der Waals surface area (Å²) in [6, 6.07) is 5.73. The Morgan fingerprint density at radius 3 is 2.92 bits per heavy atom. The van der Waals surface area contributed by atoms with E-state index in [0.29, 0.717) is 6.73 Å². The molecule has 0 saturated carbocycles. The third-order valence-corrected chi connectivity index (χ3v) is 1.84. The van der Waals surface area contributed by atoms with Crippen molar-refractivity contribution in [2.75, 3.05) is 19.2 Å². The summed E-state index contributed by atoms with van der Waals surface area (Å²) in [6.07, 6.45) is 0. The summed E-state index contributed by atoms with van der Waals surface area (Å²) in [6.45, 7) is 2.52. The zero-order valence-electron chi connectivity index (χ0n) is 7.23. The van der Waals surface area contributed by atoms with Crippen LogP contribution >= 0.6 is 11.6 Å². The predicted molar refractivity (Wildman–Crippen MR) is 51.7 cm³/mol. The Labute approximate surface area is 77.5 Å². The minimum absolute atomic E-state index is 0.501. The van der Waals surface area contributed by atoms with Crippen LogP contribution in [0.5, 0.6) is 0 Å². The minimum Gasteiger partial charge on any atom is -0.365 e. The van der Waals surface area contributed by atoms with Crippen LogP contribution in [0.1, 0.15) is 5.56 Å². The maximum Gasteiger partial charge on any atom is 0.116 e. The first-order valence-electron chi connectivity index (χ1n) is 3.73. The molecule has 2 nitrogen and oxygen atoms in total. The number of nitrogens with one attached hydrogen (secondary N) is 1. The standard InChI is InChI=1S/C9H12ClNO/c1-7-3-4-8(10)5-9(7)11-6-12-2/h3-5,11H,6H2,1-2H3. The van der Waals surface area contributed by atoms with Gasteiger partial charge >= 0.3 is 0 Å². The second kappa shape index (κ2) is 4.33. The highest BCUT2D eigenvalue weighted by atomic mass is 35.5. The second-order valence-corrected chi connectivity index (χ2v) is 3.01. The highest BCUT2D eigenvalue weighted by Crippen LogP contribution is 2.19. The number of hydrogen-bond donors (Lipinski definition) is 1. The summed E-state index contributed by atoms with van der Waals surface area (Å²) in [5, 5.41) is 3.83. The summed E-state index contributed by atoms with van der Waals surface area (Å²) in [7, 11) is 1.65. The van der Waals surface area contributed by atoms with E-state index < -0.39 is 0 Å². The van der Waals surface area contributed by atoms with Crippen molar-refractivity contribution in [3.8, 4) is 0 Å². The van der Waals surface area contributed by atoms with Crippen LogP contribution in [0.25, 0.3) is 0 Å². The molecular formula is C9H12ClNO. The van der Waals surface area contributed by atoms with Gasteiger partial charge in [-0.1, -0.05) is 17.7 Å². The zero-order valence-corrected chi connectivity index (χ0v) is 7.98. The Morgan fingerprint density at radius 2 is 2.25 bits per heavy atom. The molecule has 0 saturated heterocycles. The predicted octanol–water partition coefficient (Wildman–Crippen LogP) is 2.66. The van der Waals surface area contributed by atoms with Crippen molar-refractivity contribution < 1.29 is 4.74 Å². The summed E-state index contributed by atoms with van der Waals surface area (Å²) >= 11 is 5.81. The van der Waals surface area contributed by atoms with E-state index in [1.54, 1.807) is 7.11 Å². The lowest BCUT2D eigenvalue weighted by atomic mass is 10.2. The molecule has 12 heavy (non-hydrogen) atoms. The van der Waals surface area contributed by atoms with Crippen LogP contribution in [0.15, 0.2) is 18.2 Å². The molecule has 0 aliphatic heterocycles. The molecule has 66 valence electrons. The van der Waals surface area contributed by atoms with Crippen molar-refractivity contribution in [2.45, 2.75) is 6.92 Å². The molecule has 1 aromatic rings. The molecular weight excluding hydrogens is 174 g/mol. The van der Waals surface area contributed by atoms with Gasteiger partial charge in [-0.2, -0.15) is 0 Å². The zero-order chi connectivity index (χ0) is 8.97. The Morgan fingerprint density at radius 1 is 1.50 bits per heavy atom. The summed E-state index contributed by atoms with van der Waals surface area (Å²) in [4.78, 5) is 0. The van der Waals surface area contributed by atoms with Crippen LogP contribution < -0.4 is 5.32 Å². The van der Waals surface area contributed by atoms with Gasteiger partial charge in [0.15, 0.2) is 0 Å². The first kappa shape index (κ1) is 9.36. The normalized spacial score (nSPS) is 9.92. The van der Waals surface area contributed by atoms with Gasteiger partial charge < -0.3 is 10.1 Å². The number of anilines is 1. The van der Waals surface area contributed by atoms with Gasteiger partial charge in [-0.05, 0) is 24.6 Å². The monoisotopic (exact) mass is 185 g/mol.